The number of rotatable bonds is 5. The summed E-state index contributed by atoms with van der Waals surface area (Å²) in [5.41, 5.74) is 0.538. The Morgan fingerprint density at radius 2 is 2.12 bits per heavy atom. The van der Waals surface area contributed by atoms with E-state index in [2.05, 4.69) is 5.32 Å². The maximum absolute atomic E-state index is 11.7. The van der Waals surface area contributed by atoms with E-state index in [4.69, 9.17) is 4.74 Å². The second kappa shape index (κ2) is 5.90. The zero-order valence-corrected chi connectivity index (χ0v) is 9.45. The van der Waals surface area contributed by atoms with Crippen molar-refractivity contribution in [2.45, 2.75) is 13.3 Å². The molecule has 0 aliphatic heterocycles. The highest BCUT2D eigenvalue weighted by atomic mass is 16.5. The van der Waals surface area contributed by atoms with Crippen LogP contribution in [0.15, 0.2) is 24.3 Å². The average molecular weight is 221 g/mol. The van der Waals surface area contributed by atoms with E-state index in [0.29, 0.717) is 17.7 Å². The fraction of sp³-hybridized carbons (Fsp3) is 0.333. The zero-order valence-electron chi connectivity index (χ0n) is 9.45. The van der Waals surface area contributed by atoms with Gasteiger partial charge in [0.15, 0.2) is 5.78 Å². The Morgan fingerprint density at radius 1 is 1.38 bits per heavy atom. The number of ketones is 1. The third kappa shape index (κ3) is 3.38. The molecule has 4 nitrogen and oxygen atoms in total. The first-order valence-corrected chi connectivity index (χ1v) is 5.11. The van der Waals surface area contributed by atoms with Crippen LogP contribution in [0.3, 0.4) is 0 Å². The number of carbonyl (C=O) groups is 2. The van der Waals surface area contributed by atoms with E-state index >= 15 is 0 Å². The highest BCUT2D eigenvalue weighted by Crippen LogP contribution is 2.12. The molecule has 1 aromatic carbocycles. The van der Waals surface area contributed by atoms with Crippen molar-refractivity contribution in [3.05, 3.63) is 29.8 Å². The summed E-state index contributed by atoms with van der Waals surface area (Å²) in [5, 5.41) is 2.54. The summed E-state index contributed by atoms with van der Waals surface area (Å²) in [4.78, 5) is 22.6. The minimum absolute atomic E-state index is 0.0276. The van der Waals surface area contributed by atoms with Crippen LogP contribution in [0.25, 0.3) is 0 Å². The van der Waals surface area contributed by atoms with Crippen molar-refractivity contribution in [3.63, 3.8) is 0 Å². The number of benzene rings is 1. The molecule has 0 bridgehead atoms. The number of methoxy groups -OCH3 is 1. The number of carbonyl (C=O) groups excluding carboxylic acids is 2. The predicted octanol–water partition coefficient (Wildman–Crippen LogP) is 1.40. The molecular formula is C12H15NO3. The van der Waals surface area contributed by atoms with Crippen molar-refractivity contribution in [2.75, 3.05) is 13.7 Å². The Hall–Kier alpha value is -1.84. The van der Waals surface area contributed by atoms with Gasteiger partial charge in [0.1, 0.15) is 5.75 Å². The Kier molecular flexibility index (Phi) is 4.51. The number of ether oxygens (including phenoxy) is 1. The summed E-state index contributed by atoms with van der Waals surface area (Å²) >= 11 is 0. The van der Waals surface area contributed by atoms with Crippen LogP contribution in [-0.4, -0.2) is 25.3 Å². The topological polar surface area (TPSA) is 55.4 Å². The Balaban J connectivity index is 2.62. The number of amides is 1. The fourth-order valence-electron chi connectivity index (χ4n) is 1.20. The van der Waals surface area contributed by atoms with Crippen LogP contribution in [0.1, 0.15) is 23.7 Å². The lowest BCUT2D eigenvalue weighted by atomic mass is 10.1. The first-order valence-electron chi connectivity index (χ1n) is 5.11. The van der Waals surface area contributed by atoms with Crippen molar-refractivity contribution in [1.29, 1.82) is 0 Å². The zero-order chi connectivity index (χ0) is 12.0. The third-order valence-corrected chi connectivity index (χ3v) is 2.16. The van der Waals surface area contributed by atoms with Crippen LogP contribution in [0.4, 0.5) is 0 Å². The molecule has 0 saturated carbocycles. The lowest BCUT2D eigenvalue weighted by molar-refractivity contribution is -0.120. The SMILES string of the molecule is CCC(=O)NCC(=O)c1cccc(OC)c1. The van der Waals surface area contributed by atoms with Crippen molar-refractivity contribution >= 4 is 11.7 Å². The molecular weight excluding hydrogens is 206 g/mol. The smallest absolute Gasteiger partial charge is 0.220 e. The molecule has 0 radical (unpaired) electrons. The molecule has 1 rings (SSSR count). The first-order chi connectivity index (χ1) is 7.67. The van der Waals surface area contributed by atoms with E-state index in [1.54, 1.807) is 38.3 Å². The van der Waals surface area contributed by atoms with Gasteiger partial charge in [-0.1, -0.05) is 19.1 Å². The van der Waals surface area contributed by atoms with Gasteiger partial charge in [-0.05, 0) is 12.1 Å². The Morgan fingerprint density at radius 3 is 2.75 bits per heavy atom. The number of Topliss-reactive ketones (excluding diaryl/α,β-unsaturated/α-hetero) is 1. The van der Waals surface area contributed by atoms with E-state index in [0.717, 1.165) is 0 Å². The minimum atomic E-state index is -0.128. The van der Waals surface area contributed by atoms with Gasteiger partial charge in [-0.2, -0.15) is 0 Å². The molecule has 0 heterocycles. The van der Waals surface area contributed by atoms with Gasteiger partial charge in [0.05, 0.1) is 13.7 Å². The van der Waals surface area contributed by atoms with Gasteiger partial charge in [-0.3, -0.25) is 9.59 Å². The second-order valence-corrected chi connectivity index (χ2v) is 3.29. The minimum Gasteiger partial charge on any atom is -0.497 e. The molecule has 0 aliphatic carbocycles. The Labute approximate surface area is 94.6 Å². The lowest BCUT2D eigenvalue weighted by Crippen LogP contribution is -2.28. The van der Waals surface area contributed by atoms with Crippen LogP contribution in [0.2, 0.25) is 0 Å². The summed E-state index contributed by atoms with van der Waals surface area (Å²) in [6.45, 7) is 1.77. The molecule has 0 spiro atoms. The Bertz CT molecular complexity index is 388. The molecule has 1 aromatic rings. The van der Waals surface area contributed by atoms with Crippen molar-refractivity contribution in [1.82, 2.24) is 5.32 Å². The molecule has 0 unspecified atom stereocenters. The van der Waals surface area contributed by atoms with E-state index in [-0.39, 0.29) is 18.2 Å². The number of hydrogen-bond acceptors (Lipinski definition) is 3. The number of hydrogen-bond donors (Lipinski definition) is 1. The van der Waals surface area contributed by atoms with Gasteiger partial charge in [-0.15, -0.1) is 0 Å². The van der Waals surface area contributed by atoms with E-state index in [1.165, 1.54) is 0 Å². The van der Waals surface area contributed by atoms with E-state index in [1.807, 2.05) is 0 Å². The maximum Gasteiger partial charge on any atom is 0.220 e. The molecule has 1 amide bonds. The van der Waals surface area contributed by atoms with E-state index in [9.17, 15) is 9.59 Å². The molecule has 0 fully saturated rings. The second-order valence-electron chi connectivity index (χ2n) is 3.29. The molecule has 0 aromatic heterocycles. The fourth-order valence-corrected chi connectivity index (χ4v) is 1.20. The average Bonchev–Trinajstić information content (AvgIpc) is 2.35. The monoisotopic (exact) mass is 221 g/mol. The van der Waals surface area contributed by atoms with Gasteiger partial charge >= 0.3 is 0 Å². The summed E-state index contributed by atoms with van der Waals surface area (Å²) in [6.07, 6.45) is 0.380. The summed E-state index contributed by atoms with van der Waals surface area (Å²) in [7, 11) is 1.54. The van der Waals surface area contributed by atoms with Gasteiger partial charge in [0.2, 0.25) is 5.91 Å². The summed E-state index contributed by atoms with van der Waals surface area (Å²) in [5.74, 6) is 0.379. The first kappa shape index (κ1) is 12.2. The van der Waals surface area contributed by atoms with Crippen molar-refractivity contribution in [2.24, 2.45) is 0 Å². The largest absolute Gasteiger partial charge is 0.497 e. The summed E-state index contributed by atoms with van der Waals surface area (Å²) < 4.78 is 5.01. The standard InChI is InChI=1S/C12H15NO3/c1-3-12(15)13-8-11(14)9-5-4-6-10(7-9)16-2/h4-7H,3,8H2,1-2H3,(H,13,15). The maximum atomic E-state index is 11.7. The normalized spacial score (nSPS) is 9.62. The van der Waals surface area contributed by atoms with Gasteiger partial charge < -0.3 is 10.1 Å². The molecule has 0 aliphatic rings. The molecule has 0 atom stereocenters. The lowest BCUT2D eigenvalue weighted by Gasteiger charge is -2.04. The number of nitrogens with one attached hydrogen (secondary N) is 1. The predicted molar refractivity (Wildman–Crippen MR) is 60.6 cm³/mol. The quantitative estimate of drug-likeness (QED) is 0.765. The molecule has 16 heavy (non-hydrogen) atoms. The van der Waals surface area contributed by atoms with Crippen molar-refractivity contribution in [3.8, 4) is 5.75 Å². The van der Waals surface area contributed by atoms with Gasteiger partial charge in [0, 0.05) is 12.0 Å². The van der Waals surface area contributed by atoms with Crippen molar-refractivity contribution < 1.29 is 14.3 Å². The van der Waals surface area contributed by atoms with Gasteiger partial charge in [-0.25, -0.2) is 0 Å². The third-order valence-electron chi connectivity index (χ3n) is 2.16. The molecule has 1 N–H and O–H groups in total. The summed E-state index contributed by atoms with van der Waals surface area (Å²) in [6, 6.07) is 6.86. The van der Waals surface area contributed by atoms with Crippen LogP contribution >= 0.6 is 0 Å². The highest BCUT2D eigenvalue weighted by Gasteiger charge is 2.07. The molecule has 86 valence electrons. The van der Waals surface area contributed by atoms with Crippen LogP contribution in [-0.2, 0) is 4.79 Å². The van der Waals surface area contributed by atoms with E-state index < -0.39 is 0 Å². The molecule has 4 heteroatoms. The van der Waals surface area contributed by atoms with Crippen LogP contribution in [0.5, 0.6) is 5.75 Å². The van der Waals surface area contributed by atoms with Crippen LogP contribution in [0, 0.1) is 0 Å². The van der Waals surface area contributed by atoms with Gasteiger partial charge in [0.25, 0.3) is 0 Å². The highest BCUT2D eigenvalue weighted by molar-refractivity contribution is 5.99. The van der Waals surface area contributed by atoms with Crippen LogP contribution < -0.4 is 10.1 Å². The molecule has 0 saturated heterocycles.